The van der Waals surface area contributed by atoms with Crippen molar-refractivity contribution in [3.63, 3.8) is 0 Å². The van der Waals surface area contributed by atoms with Crippen molar-refractivity contribution in [1.82, 2.24) is 5.32 Å². The summed E-state index contributed by atoms with van der Waals surface area (Å²) in [4.78, 5) is 11.8. The number of nitrogens with one attached hydrogen (secondary N) is 1. The average Bonchev–Trinajstić information content (AvgIpc) is 2.40. The molecule has 0 radical (unpaired) electrons. The minimum atomic E-state index is -0.577. The highest BCUT2D eigenvalue weighted by Gasteiger charge is 2.17. The van der Waals surface area contributed by atoms with Gasteiger partial charge in [0, 0.05) is 25.3 Å². The highest BCUT2D eigenvalue weighted by molar-refractivity contribution is 5.80. The monoisotopic (exact) mass is 280 g/mol. The number of methoxy groups -OCH3 is 1. The highest BCUT2D eigenvalue weighted by Crippen LogP contribution is 2.25. The van der Waals surface area contributed by atoms with Crippen LogP contribution in [0.15, 0.2) is 18.2 Å². The van der Waals surface area contributed by atoms with Crippen LogP contribution < -0.4 is 15.8 Å². The number of carbonyl (C=O) groups is 1. The lowest BCUT2D eigenvalue weighted by Gasteiger charge is -2.19. The van der Waals surface area contributed by atoms with E-state index in [1.54, 1.807) is 14.0 Å². The van der Waals surface area contributed by atoms with E-state index in [2.05, 4.69) is 5.32 Å². The topological polar surface area (TPSA) is 73.6 Å². The summed E-state index contributed by atoms with van der Waals surface area (Å²) in [7, 11) is 1.59. The van der Waals surface area contributed by atoms with Crippen LogP contribution in [0, 0.1) is 6.92 Å². The zero-order valence-corrected chi connectivity index (χ0v) is 12.6. The first kappa shape index (κ1) is 16.5. The number of hydrogen-bond donors (Lipinski definition) is 2. The molecule has 2 atom stereocenters. The van der Waals surface area contributed by atoms with Crippen LogP contribution in [0.5, 0.6) is 5.75 Å². The molecule has 1 aromatic rings. The molecule has 0 aliphatic heterocycles. The second kappa shape index (κ2) is 7.87. The standard InChI is InChI=1S/C15H24N2O3/c1-10-5-6-14(13(9-10)11(2)16)20-12(3)15(18)17-7-8-19-4/h5-6,9,11-12H,7-8,16H2,1-4H3,(H,17,18). The molecule has 0 aliphatic rings. The summed E-state index contributed by atoms with van der Waals surface area (Å²) in [5, 5.41) is 2.74. The van der Waals surface area contributed by atoms with Gasteiger partial charge in [-0.2, -0.15) is 0 Å². The molecule has 2 unspecified atom stereocenters. The molecule has 0 aromatic heterocycles. The van der Waals surface area contributed by atoms with Gasteiger partial charge in [0.05, 0.1) is 6.61 Å². The summed E-state index contributed by atoms with van der Waals surface area (Å²) in [6, 6.07) is 5.63. The summed E-state index contributed by atoms with van der Waals surface area (Å²) in [5.74, 6) is 0.484. The second-order valence-corrected chi connectivity index (χ2v) is 4.87. The van der Waals surface area contributed by atoms with E-state index in [4.69, 9.17) is 15.2 Å². The van der Waals surface area contributed by atoms with Crippen molar-refractivity contribution in [2.45, 2.75) is 32.9 Å². The number of nitrogens with two attached hydrogens (primary N) is 1. The van der Waals surface area contributed by atoms with Crippen LogP contribution in [0.25, 0.3) is 0 Å². The molecule has 1 amide bonds. The summed E-state index contributed by atoms with van der Waals surface area (Å²) in [6.07, 6.45) is -0.577. The minimum Gasteiger partial charge on any atom is -0.481 e. The van der Waals surface area contributed by atoms with E-state index in [1.165, 1.54) is 0 Å². The van der Waals surface area contributed by atoms with Gasteiger partial charge in [-0.25, -0.2) is 0 Å². The van der Waals surface area contributed by atoms with Crippen LogP contribution in [0.2, 0.25) is 0 Å². The third kappa shape index (κ3) is 4.83. The summed E-state index contributed by atoms with van der Waals surface area (Å²) in [5.41, 5.74) is 7.95. The Morgan fingerprint density at radius 3 is 2.70 bits per heavy atom. The molecular weight excluding hydrogens is 256 g/mol. The number of benzene rings is 1. The van der Waals surface area contributed by atoms with E-state index in [9.17, 15) is 4.79 Å². The van der Waals surface area contributed by atoms with Gasteiger partial charge in [-0.15, -0.1) is 0 Å². The molecule has 112 valence electrons. The van der Waals surface area contributed by atoms with Crippen molar-refractivity contribution in [3.05, 3.63) is 29.3 Å². The first-order valence-corrected chi connectivity index (χ1v) is 6.75. The van der Waals surface area contributed by atoms with Crippen molar-refractivity contribution >= 4 is 5.91 Å². The molecule has 5 nitrogen and oxygen atoms in total. The van der Waals surface area contributed by atoms with Crippen LogP contribution in [0.4, 0.5) is 0 Å². The summed E-state index contributed by atoms with van der Waals surface area (Å²) >= 11 is 0. The molecule has 20 heavy (non-hydrogen) atoms. The van der Waals surface area contributed by atoms with Gasteiger partial charge in [0.15, 0.2) is 6.10 Å². The maximum absolute atomic E-state index is 11.8. The Morgan fingerprint density at radius 2 is 2.10 bits per heavy atom. The van der Waals surface area contributed by atoms with Crippen molar-refractivity contribution in [2.75, 3.05) is 20.3 Å². The third-order valence-corrected chi connectivity index (χ3v) is 2.93. The maximum Gasteiger partial charge on any atom is 0.260 e. The smallest absolute Gasteiger partial charge is 0.260 e. The molecule has 0 heterocycles. The van der Waals surface area contributed by atoms with Crippen molar-refractivity contribution in [2.24, 2.45) is 5.73 Å². The molecule has 0 aliphatic carbocycles. The predicted molar refractivity (Wildman–Crippen MR) is 78.8 cm³/mol. The third-order valence-electron chi connectivity index (χ3n) is 2.93. The normalized spacial score (nSPS) is 13.7. The zero-order valence-electron chi connectivity index (χ0n) is 12.6. The molecule has 1 rings (SSSR count). The minimum absolute atomic E-state index is 0.145. The number of aryl methyl sites for hydroxylation is 1. The Hall–Kier alpha value is -1.59. The van der Waals surface area contributed by atoms with Crippen LogP contribution in [-0.2, 0) is 9.53 Å². The predicted octanol–water partition coefficient (Wildman–Crippen LogP) is 1.54. The largest absolute Gasteiger partial charge is 0.481 e. The van der Waals surface area contributed by atoms with Gasteiger partial charge >= 0.3 is 0 Å². The van der Waals surface area contributed by atoms with Crippen LogP contribution in [-0.4, -0.2) is 32.3 Å². The van der Waals surface area contributed by atoms with Crippen molar-refractivity contribution in [1.29, 1.82) is 0 Å². The first-order chi connectivity index (χ1) is 9.45. The van der Waals surface area contributed by atoms with Crippen LogP contribution in [0.1, 0.15) is 31.0 Å². The number of hydrogen-bond acceptors (Lipinski definition) is 4. The number of carbonyl (C=O) groups excluding carboxylic acids is 1. The van der Waals surface area contributed by atoms with Gasteiger partial charge in [-0.3, -0.25) is 4.79 Å². The molecule has 0 fully saturated rings. The van der Waals surface area contributed by atoms with E-state index in [0.717, 1.165) is 11.1 Å². The lowest BCUT2D eigenvalue weighted by molar-refractivity contribution is -0.127. The maximum atomic E-state index is 11.8. The van der Waals surface area contributed by atoms with Crippen LogP contribution in [0.3, 0.4) is 0 Å². The fourth-order valence-corrected chi connectivity index (χ4v) is 1.80. The molecule has 0 saturated carbocycles. The van der Waals surface area contributed by atoms with E-state index < -0.39 is 6.10 Å². The number of rotatable bonds is 7. The number of amides is 1. The van der Waals surface area contributed by atoms with Gasteiger partial charge in [-0.1, -0.05) is 17.7 Å². The summed E-state index contributed by atoms with van der Waals surface area (Å²) < 4.78 is 10.6. The summed E-state index contributed by atoms with van der Waals surface area (Å²) in [6.45, 7) is 6.56. The fourth-order valence-electron chi connectivity index (χ4n) is 1.80. The van der Waals surface area contributed by atoms with Gasteiger partial charge < -0.3 is 20.5 Å². The molecule has 0 spiro atoms. The second-order valence-electron chi connectivity index (χ2n) is 4.87. The molecular formula is C15H24N2O3. The molecule has 5 heteroatoms. The van der Waals surface area contributed by atoms with E-state index >= 15 is 0 Å². The van der Waals surface area contributed by atoms with E-state index in [0.29, 0.717) is 18.9 Å². The lowest BCUT2D eigenvalue weighted by Crippen LogP contribution is -2.38. The Bertz CT molecular complexity index is 447. The van der Waals surface area contributed by atoms with Crippen molar-refractivity contribution in [3.8, 4) is 5.75 Å². The van der Waals surface area contributed by atoms with E-state index in [1.807, 2.05) is 32.0 Å². The van der Waals surface area contributed by atoms with E-state index in [-0.39, 0.29) is 11.9 Å². The Morgan fingerprint density at radius 1 is 1.40 bits per heavy atom. The SMILES string of the molecule is COCCNC(=O)C(C)Oc1ccc(C)cc1C(C)N. The first-order valence-electron chi connectivity index (χ1n) is 6.75. The van der Waals surface area contributed by atoms with Gasteiger partial charge in [0.25, 0.3) is 5.91 Å². The average molecular weight is 280 g/mol. The Labute approximate surface area is 120 Å². The molecule has 1 aromatic carbocycles. The molecule has 0 bridgehead atoms. The van der Waals surface area contributed by atoms with Gasteiger partial charge in [0.2, 0.25) is 0 Å². The molecule has 3 N–H and O–H groups in total. The quantitative estimate of drug-likeness (QED) is 0.743. The van der Waals surface area contributed by atoms with Crippen LogP contribution >= 0.6 is 0 Å². The van der Waals surface area contributed by atoms with Crippen molar-refractivity contribution < 1.29 is 14.3 Å². The van der Waals surface area contributed by atoms with Gasteiger partial charge in [0.1, 0.15) is 5.75 Å². The molecule has 0 saturated heterocycles. The zero-order chi connectivity index (χ0) is 15.1. The number of ether oxygens (including phenoxy) is 2. The fraction of sp³-hybridized carbons (Fsp3) is 0.533. The Kier molecular flexibility index (Phi) is 6.48. The highest BCUT2D eigenvalue weighted by atomic mass is 16.5. The Balaban J connectivity index is 2.70. The lowest BCUT2D eigenvalue weighted by atomic mass is 10.1. The van der Waals surface area contributed by atoms with Gasteiger partial charge in [-0.05, 0) is 26.8 Å².